The molecule has 15 heavy (non-hydrogen) atoms. The maximum absolute atomic E-state index is 11.4. The maximum atomic E-state index is 11.4. The molecule has 0 bridgehead atoms. The second-order valence-corrected chi connectivity index (χ2v) is 3.32. The van der Waals surface area contributed by atoms with E-state index in [4.69, 9.17) is 5.11 Å². The van der Waals surface area contributed by atoms with Gasteiger partial charge in [0.15, 0.2) is 0 Å². The lowest BCUT2D eigenvalue weighted by Gasteiger charge is -2.06. The number of amides is 1. The summed E-state index contributed by atoms with van der Waals surface area (Å²) >= 11 is 0. The van der Waals surface area contributed by atoms with E-state index < -0.39 is 5.97 Å². The van der Waals surface area contributed by atoms with Gasteiger partial charge in [-0.2, -0.15) is 0 Å². The number of carbonyl (C=O) groups is 2. The number of unbranched alkanes of at least 4 members (excludes halogenated alkanes) is 2. The van der Waals surface area contributed by atoms with Crippen LogP contribution in [0.3, 0.4) is 0 Å². The van der Waals surface area contributed by atoms with Gasteiger partial charge in [0, 0.05) is 18.2 Å². The third-order valence-electron chi connectivity index (χ3n) is 1.98. The Morgan fingerprint density at radius 1 is 1.27 bits per heavy atom. The summed E-state index contributed by atoms with van der Waals surface area (Å²) in [5, 5.41) is 11.2. The second kappa shape index (κ2) is 8.03. The Balaban J connectivity index is 4.31. The number of hydrogen-bond donors (Lipinski definition) is 2. The quantitative estimate of drug-likeness (QED) is 0.500. The minimum Gasteiger partial charge on any atom is -0.478 e. The Hall–Kier alpha value is -1.32. The van der Waals surface area contributed by atoms with Crippen LogP contribution in [0.25, 0.3) is 0 Å². The molecule has 0 aromatic carbocycles. The highest BCUT2D eigenvalue weighted by Gasteiger charge is 2.09. The fourth-order valence-corrected chi connectivity index (χ4v) is 1.24. The van der Waals surface area contributed by atoms with Crippen molar-refractivity contribution >= 4 is 11.9 Å². The highest BCUT2D eigenvalue weighted by atomic mass is 16.4. The van der Waals surface area contributed by atoms with Crippen LogP contribution in [0.1, 0.15) is 39.5 Å². The zero-order valence-corrected chi connectivity index (χ0v) is 9.38. The molecule has 0 rings (SSSR count). The monoisotopic (exact) mass is 213 g/mol. The minimum atomic E-state index is -1.06. The predicted octanol–water partition coefficient (Wildman–Crippen LogP) is 1.71. The highest BCUT2D eigenvalue weighted by molar-refractivity contribution is 5.98. The molecule has 1 amide bonds. The van der Waals surface area contributed by atoms with E-state index in [1.54, 1.807) is 0 Å². The average molecular weight is 213 g/mol. The molecular weight excluding hydrogens is 194 g/mol. The number of nitrogens with one attached hydrogen (secondary N) is 1. The number of likely N-dealkylation sites (N-methyl/N-ethyl adjacent to an activating group) is 1. The van der Waals surface area contributed by atoms with Gasteiger partial charge in [-0.05, 0) is 19.8 Å². The third kappa shape index (κ3) is 6.71. The molecule has 0 radical (unpaired) electrons. The molecule has 0 aliphatic carbocycles. The van der Waals surface area contributed by atoms with Gasteiger partial charge in [0.2, 0.25) is 5.91 Å². The Bertz CT molecular complexity index is 246. The van der Waals surface area contributed by atoms with Gasteiger partial charge in [-0.25, -0.2) is 4.79 Å². The summed E-state index contributed by atoms with van der Waals surface area (Å²) in [4.78, 5) is 21.9. The summed E-state index contributed by atoms with van der Waals surface area (Å²) in [6.45, 7) is 4.39. The van der Waals surface area contributed by atoms with Crippen molar-refractivity contribution in [3.05, 3.63) is 11.6 Å². The van der Waals surface area contributed by atoms with Crippen LogP contribution < -0.4 is 5.32 Å². The minimum absolute atomic E-state index is 0.268. The Morgan fingerprint density at radius 3 is 2.40 bits per heavy atom. The van der Waals surface area contributed by atoms with Gasteiger partial charge >= 0.3 is 5.97 Å². The number of carboxylic acids is 1. The molecule has 0 atom stereocenters. The van der Waals surface area contributed by atoms with E-state index in [1.165, 1.54) is 0 Å². The predicted molar refractivity (Wildman–Crippen MR) is 58.5 cm³/mol. The fourth-order valence-electron chi connectivity index (χ4n) is 1.24. The first-order valence-electron chi connectivity index (χ1n) is 5.33. The van der Waals surface area contributed by atoms with Crippen LogP contribution in [0.2, 0.25) is 0 Å². The van der Waals surface area contributed by atoms with Gasteiger partial charge in [-0.15, -0.1) is 0 Å². The van der Waals surface area contributed by atoms with Crippen LogP contribution in [0, 0.1) is 0 Å². The van der Waals surface area contributed by atoms with Crippen molar-refractivity contribution < 1.29 is 14.7 Å². The standard InChI is InChI=1S/C11H19NO3/c1-3-5-6-7-9(8-10(13)14)11(15)12-4-2/h8H,3-7H2,1-2H3,(H,12,15)(H,13,14)/b9-8-. The van der Waals surface area contributed by atoms with Crippen molar-refractivity contribution in [2.24, 2.45) is 0 Å². The molecular formula is C11H19NO3. The maximum Gasteiger partial charge on any atom is 0.328 e. The zero-order chi connectivity index (χ0) is 11.7. The normalized spacial score (nSPS) is 11.2. The molecule has 0 saturated carbocycles. The van der Waals surface area contributed by atoms with Crippen molar-refractivity contribution in [1.29, 1.82) is 0 Å². The Morgan fingerprint density at radius 2 is 1.93 bits per heavy atom. The third-order valence-corrected chi connectivity index (χ3v) is 1.98. The van der Waals surface area contributed by atoms with E-state index in [-0.39, 0.29) is 5.91 Å². The molecule has 0 fully saturated rings. The topological polar surface area (TPSA) is 66.4 Å². The van der Waals surface area contributed by atoms with Gasteiger partial charge in [0.1, 0.15) is 0 Å². The van der Waals surface area contributed by atoms with Gasteiger partial charge in [-0.1, -0.05) is 19.8 Å². The van der Waals surface area contributed by atoms with Crippen LogP contribution in [0.4, 0.5) is 0 Å². The van der Waals surface area contributed by atoms with E-state index in [1.807, 2.05) is 6.92 Å². The second-order valence-electron chi connectivity index (χ2n) is 3.32. The van der Waals surface area contributed by atoms with Crippen molar-refractivity contribution in [3.63, 3.8) is 0 Å². The number of hydrogen-bond acceptors (Lipinski definition) is 2. The molecule has 0 aliphatic heterocycles. The largest absolute Gasteiger partial charge is 0.478 e. The summed E-state index contributed by atoms with van der Waals surface area (Å²) in [6, 6.07) is 0. The van der Waals surface area contributed by atoms with Crippen molar-refractivity contribution in [2.45, 2.75) is 39.5 Å². The average Bonchev–Trinajstić information content (AvgIpc) is 2.16. The molecule has 0 spiro atoms. The molecule has 4 nitrogen and oxygen atoms in total. The molecule has 4 heteroatoms. The van der Waals surface area contributed by atoms with Crippen LogP contribution in [-0.4, -0.2) is 23.5 Å². The van der Waals surface area contributed by atoms with Crippen molar-refractivity contribution in [2.75, 3.05) is 6.54 Å². The van der Waals surface area contributed by atoms with Gasteiger partial charge in [-0.3, -0.25) is 4.79 Å². The van der Waals surface area contributed by atoms with Crippen LogP contribution in [-0.2, 0) is 9.59 Å². The Labute approximate surface area is 90.4 Å². The number of carboxylic acid groups (broad SMARTS) is 1. The van der Waals surface area contributed by atoms with Gasteiger partial charge < -0.3 is 10.4 Å². The van der Waals surface area contributed by atoms with Crippen molar-refractivity contribution in [3.8, 4) is 0 Å². The SMILES string of the molecule is CCCCC/C(=C/C(=O)O)C(=O)NCC. The van der Waals surface area contributed by atoms with Crippen molar-refractivity contribution in [1.82, 2.24) is 5.32 Å². The lowest BCUT2D eigenvalue weighted by Crippen LogP contribution is -2.25. The lowest BCUT2D eigenvalue weighted by molar-refractivity contribution is -0.132. The lowest BCUT2D eigenvalue weighted by atomic mass is 10.1. The van der Waals surface area contributed by atoms with Crippen LogP contribution in [0.5, 0.6) is 0 Å². The van der Waals surface area contributed by atoms with E-state index in [0.717, 1.165) is 25.3 Å². The summed E-state index contributed by atoms with van der Waals surface area (Å²) in [7, 11) is 0. The van der Waals surface area contributed by atoms with E-state index >= 15 is 0 Å². The fraction of sp³-hybridized carbons (Fsp3) is 0.636. The molecule has 0 unspecified atom stereocenters. The van der Waals surface area contributed by atoms with E-state index in [9.17, 15) is 9.59 Å². The molecule has 0 saturated heterocycles. The number of carbonyl (C=O) groups excluding carboxylic acids is 1. The highest BCUT2D eigenvalue weighted by Crippen LogP contribution is 2.09. The van der Waals surface area contributed by atoms with Crippen LogP contribution in [0.15, 0.2) is 11.6 Å². The molecule has 0 aromatic heterocycles. The molecule has 0 heterocycles. The summed E-state index contributed by atoms with van der Waals surface area (Å²) in [6.07, 6.45) is 4.45. The first-order chi connectivity index (χ1) is 7.11. The van der Waals surface area contributed by atoms with E-state index in [0.29, 0.717) is 18.5 Å². The number of rotatable bonds is 7. The molecule has 2 N–H and O–H groups in total. The summed E-state index contributed by atoms with van der Waals surface area (Å²) in [5.41, 5.74) is 0.359. The number of aliphatic carboxylic acids is 1. The molecule has 0 aromatic rings. The molecule has 0 aliphatic rings. The summed E-state index contributed by atoms with van der Waals surface area (Å²) < 4.78 is 0. The van der Waals surface area contributed by atoms with Gasteiger partial charge in [0.05, 0.1) is 0 Å². The van der Waals surface area contributed by atoms with Crippen LogP contribution >= 0.6 is 0 Å². The summed E-state index contributed by atoms with van der Waals surface area (Å²) in [5.74, 6) is -1.33. The first kappa shape index (κ1) is 13.7. The zero-order valence-electron chi connectivity index (χ0n) is 9.38. The van der Waals surface area contributed by atoms with E-state index in [2.05, 4.69) is 12.2 Å². The Kier molecular flexibility index (Phi) is 7.32. The first-order valence-corrected chi connectivity index (χ1v) is 5.33. The smallest absolute Gasteiger partial charge is 0.328 e. The molecule has 86 valence electrons. The van der Waals surface area contributed by atoms with Gasteiger partial charge in [0.25, 0.3) is 0 Å².